The van der Waals surface area contributed by atoms with Crippen molar-refractivity contribution in [2.24, 2.45) is 5.92 Å². The number of phenols is 1. The lowest BCUT2D eigenvalue weighted by Crippen LogP contribution is -2.78. The minimum atomic E-state index is -0.987. The van der Waals surface area contributed by atoms with Gasteiger partial charge in [0, 0.05) is 37.3 Å². The van der Waals surface area contributed by atoms with Crippen molar-refractivity contribution in [2.75, 3.05) is 27.2 Å². The van der Waals surface area contributed by atoms with Gasteiger partial charge in [-0.05, 0) is 62.6 Å². The summed E-state index contributed by atoms with van der Waals surface area (Å²) in [6, 6.07) is 3.36. The monoisotopic (exact) mass is 468 g/mol. The van der Waals surface area contributed by atoms with Crippen LogP contribution >= 0.6 is 0 Å². The molecule has 2 N–H and O–H groups in total. The van der Waals surface area contributed by atoms with Gasteiger partial charge in [-0.15, -0.1) is 0 Å². The van der Waals surface area contributed by atoms with Gasteiger partial charge in [-0.3, -0.25) is 9.69 Å². The molecule has 182 valence electrons. The fourth-order valence-electron chi connectivity index (χ4n) is 7.34. The zero-order chi connectivity index (χ0) is 23.8. The molecule has 2 saturated carbocycles. The van der Waals surface area contributed by atoms with Crippen molar-refractivity contribution >= 4 is 11.9 Å². The van der Waals surface area contributed by atoms with Crippen molar-refractivity contribution in [3.63, 3.8) is 0 Å². The fourth-order valence-corrected chi connectivity index (χ4v) is 7.34. The van der Waals surface area contributed by atoms with Gasteiger partial charge in [0.2, 0.25) is 5.91 Å². The molecule has 2 heterocycles. The summed E-state index contributed by atoms with van der Waals surface area (Å²) >= 11 is 0. The Hall–Kier alpha value is -2.58. The van der Waals surface area contributed by atoms with Crippen LogP contribution in [0, 0.1) is 5.92 Å². The van der Waals surface area contributed by atoms with Gasteiger partial charge in [-0.2, -0.15) is 0 Å². The third-order valence-electron chi connectivity index (χ3n) is 9.14. The second-order valence-corrected chi connectivity index (χ2v) is 10.7. The van der Waals surface area contributed by atoms with E-state index in [2.05, 4.69) is 9.64 Å². The number of likely N-dealkylation sites (N-methyl/N-ethyl adjacent to an activating group) is 1. The van der Waals surface area contributed by atoms with Crippen LogP contribution in [0.1, 0.15) is 43.2 Å². The Kier molecular flexibility index (Phi) is 4.81. The van der Waals surface area contributed by atoms with E-state index >= 15 is 0 Å². The normalized spacial score (nSPS) is 35.6. The lowest BCUT2D eigenvalue weighted by molar-refractivity contribution is -0.200. The smallest absolute Gasteiger partial charge is 0.330 e. The Morgan fingerprint density at radius 1 is 1.26 bits per heavy atom. The van der Waals surface area contributed by atoms with Crippen LogP contribution in [0.25, 0.3) is 0 Å². The number of esters is 1. The highest BCUT2D eigenvalue weighted by Crippen LogP contribution is 2.66. The first-order chi connectivity index (χ1) is 16.3. The first kappa shape index (κ1) is 21.9. The molecule has 1 aromatic carbocycles. The second-order valence-electron chi connectivity index (χ2n) is 10.7. The van der Waals surface area contributed by atoms with Gasteiger partial charge >= 0.3 is 5.97 Å². The maximum atomic E-state index is 12.9. The van der Waals surface area contributed by atoms with E-state index in [1.165, 1.54) is 26.0 Å². The molecule has 34 heavy (non-hydrogen) atoms. The summed E-state index contributed by atoms with van der Waals surface area (Å²) in [6.07, 6.45) is 6.99. The Morgan fingerprint density at radius 3 is 2.79 bits per heavy atom. The van der Waals surface area contributed by atoms with Gasteiger partial charge in [0.1, 0.15) is 6.10 Å². The highest BCUT2D eigenvalue weighted by Gasteiger charge is 2.73. The predicted molar refractivity (Wildman–Crippen MR) is 123 cm³/mol. The summed E-state index contributed by atoms with van der Waals surface area (Å²) in [5.41, 5.74) is 0.408. The van der Waals surface area contributed by atoms with Crippen LogP contribution in [0.2, 0.25) is 0 Å². The van der Waals surface area contributed by atoms with Crippen LogP contribution in [-0.2, 0) is 26.2 Å². The summed E-state index contributed by atoms with van der Waals surface area (Å²) in [7, 11) is 2.98. The Bertz CT molecular complexity index is 1080. The number of carbonyl (C=O) groups is 2. The Labute approximate surface area is 199 Å². The molecule has 1 amide bonds. The van der Waals surface area contributed by atoms with E-state index in [4.69, 9.17) is 4.74 Å². The number of amides is 1. The van der Waals surface area contributed by atoms with Crippen LogP contribution in [0.3, 0.4) is 0 Å². The number of carbonyl (C=O) groups excluding carboxylic acids is 2. The molecule has 5 aliphatic rings. The van der Waals surface area contributed by atoms with Crippen molar-refractivity contribution in [3.8, 4) is 11.5 Å². The number of aromatic hydroxyl groups is 1. The van der Waals surface area contributed by atoms with Crippen molar-refractivity contribution in [3.05, 3.63) is 35.4 Å². The summed E-state index contributed by atoms with van der Waals surface area (Å²) in [6.45, 7) is 1.89. The molecule has 0 radical (unpaired) electrons. The van der Waals surface area contributed by atoms with Crippen LogP contribution in [0.15, 0.2) is 24.3 Å². The fraction of sp³-hybridized carbons (Fsp3) is 0.615. The topological polar surface area (TPSA) is 99.5 Å². The number of benzene rings is 1. The summed E-state index contributed by atoms with van der Waals surface area (Å²) < 4.78 is 11.1. The highest BCUT2D eigenvalue weighted by molar-refractivity contribution is 5.94. The lowest BCUT2D eigenvalue weighted by Gasteiger charge is -2.64. The summed E-state index contributed by atoms with van der Waals surface area (Å²) in [5, 5.41) is 23.2. The van der Waals surface area contributed by atoms with E-state index in [9.17, 15) is 19.8 Å². The van der Waals surface area contributed by atoms with Crippen LogP contribution < -0.4 is 4.74 Å². The number of aliphatic hydroxyl groups is 1. The molecule has 3 unspecified atom stereocenters. The van der Waals surface area contributed by atoms with E-state index in [1.54, 1.807) is 18.0 Å². The van der Waals surface area contributed by atoms with Gasteiger partial charge in [0.25, 0.3) is 0 Å². The first-order valence-corrected chi connectivity index (χ1v) is 12.3. The lowest BCUT2D eigenvalue weighted by atomic mass is 9.48. The number of likely N-dealkylation sites (tertiary alicyclic amines) is 1. The summed E-state index contributed by atoms with van der Waals surface area (Å²) in [5.74, 6) is 0.372. The van der Waals surface area contributed by atoms with E-state index in [1.807, 2.05) is 6.07 Å². The maximum absolute atomic E-state index is 12.9. The van der Waals surface area contributed by atoms with E-state index in [-0.39, 0.29) is 23.7 Å². The van der Waals surface area contributed by atoms with Gasteiger partial charge in [0.15, 0.2) is 11.5 Å². The SMILES string of the molecule is COC(=O)/C=C/C(=O)N(C)C1CCC2(O)[C@@H]3Cc4ccc(O)c5c4[C@@]2(CCN3CC2CC2)C1O5. The Balaban J connectivity index is 1.41. The van der Waals surface area contributed by atoms with Crippen molar-refractivity contribution in [2.45, 2.75) is 67.7 Å². The molecule has 1 aromatic rings. The van der Waals surface area contributed by atoms with Gasteiger partial charge in [-0.1, -0.05) is 6.07 Å². The molecule has 1 saturated heterocycles. The van der Waals surface area contributed by atoms with Crippen molar-refractivity contribution < 1.29 is 29.3 Å². The summed E-state index contributed by atoms with van der Waals surface area (Å²) in [4.78, 5) is 28.5. The number of hydrogen-bond donors (Lipinski definition) is 2. The molecule has 3 aliphatic carbocycles. The molecule has 5 atom stereocenters. The average Bonchev–Trinajstić information content (AvgIpc) is 3.57. The molecule has 8 heteroatoms. The molecule has 2 bridgehead atoms. The molecule has 0 aromatic heterocycles. The molecular formula is C26H32N2O6. The van der Waals surface area contributed by atoms with Crippen LogP contribution in [-0.4, -0.2) is 82.9 Å². The van der Waals surface area contributed by atoms with Crippen molar-refractivity contribution in [1.82, 2.24) is 9.80 Å². The number of nitrogens with zero attached hydrogens (tertiary/aromatic N) is 2. The zero-order valence-corrected chi connectivity index (χ0v) is 19.7. The average molecular weight is 469 g/mol. The van der Waals surface area contributed by atoms with Gasteiger partial charge in [-0.25, -0.2) is 4.79 Å². The number of rotatable bonds is 5. The van der Waals surface area contributed by atoms with E-state index < -0.39 is 23.1 Å². The van der Waals surface area contributed by atoms with Crippen molar-refractivity contribution in [1.29, 1.82) is 0 Å². The van der Waals surface area contributed by atoms with Gasteiger partial charge < -0.3 is 24.6 Å². The van der Waals surface area contributed by atoms with Gasteiger partial charge in [0.05, 0.1) is 24.2 Å². The number of ether oxygens (including phenoxy) is 2. The Morgan fingerprint density at radius 2 is 2.06 bits per heavy atom. The van der Waals surface area contributed by atoms with E-state index in [0.717, 1.165) is 49.1 Å². The first-order valence-electron chi connectivity index (χ1n) is 12.3. The molecule has 2 aliphatic heterocycles. The second kappa shape index (κ2) is 7.46. The standard InChI is InChI=1S/C26H32N2O6/c1-27(20(30)7-8-21(31)33-2)17-9-10-26(32)19-13-16-5-6-18(29)23-22(16)25(26,24(17)34-23)11-12-28(19)14-15-3-4-15/h5-8,15,17,19,24,29,32H,3-4,9-14H2,1-2H3/b8-7+/t17?,19-,24?,25-,26?/m0/s1. The quantitative estimate of drug-likeness (QED) is 0.499. The largest absolute Gasteiger partial charge is 0.504 e. The number of hydrogen-bond acceptors (Lipinski definition) is 7. The molecule has 3 fully saturated rings. The third-order valence-corrected chi connectivity index (χ3v) is 9.14. The number of methoxy groups -OCH3 is 1. The number of phenolic OH excluding ortho intramolecular Hbond substituents is 1. The van der Waals surface area contributed by atoms with E-state index in [0.29, 0.717) is 18.6 Å². The molecule has 8 nitrogen and oxygen atoms in total. The predicted octanol–water partition coefficient (Wildman–Crippen LogP) is 1.51. The minimum absolute atomic E-state index is 0.00267. The minimum Gasteiger partial charge on any atom is -0.504 e. The zero-order valence-electron chi connectivity index (χ0n) is 19.7. The number of piperidine rings is 1. The molecule has 6 rings (SSSR count). The highest BCUT2D eigenvalue weighted by atomic mass is 16.5. The van der Waals surface area contributed by atoms with Crippen LogP contribution in [0.4, 0.5) is 0 Å². The third kappa shape index (κ3) is 2.84. The van der Waals surface area contributed by atoms with Crippen LogP contribution in [0.5, 0.6) is 11.5 Å². The molecule has 1 spiro atoms. The molecular weight excluding hydrogens is 436 g/mol. The maximum Gasteiger partial charge on any atom is 0.330 e.